The molecule has 2 unspecified atom stereocenters. The van der Waals surface area contributed by atoms with Crippen molar-refractivity contribution in [3.8, 4) is 5.75 Å². The number of alkyl carbamates (subject to hydrolysis) is 1. The molecule has 10 N–H and O–H groups in total. The van der Waals surface area contributed by atoms with Crippen molar-refractivity contribution in [1.29, 1.82) is 0 Å². The van der Waals surface area contributed by atoms with Gasteiger partial charge in [-0.15, -0.1) is 0 Å². The highest BCUT2D eigenvalue weighted by atomic mass is 16.6. The maximum atomic E-state index is 15.3. The number of amides is 6. The van der Waals surface area contributed by atoms with Gasteiger partial charge >= 0.3 is 6.09 Å². The highest BCUT2D eigenvalue weighted by Gasteiger charge is 2.45. The molecule has 4 aliphatic rings. The first kappa shape index (κ1) is 55.2. The Kier molecular flexibility index (Phi) is 19.4. The van der Waals surface area contributed by atoms with E-state index in [2.05, 4.69) is 31.9 Å². The lowest BCUT2D eigenvalue weighted by molar-refractivity contribution is -0.142. The summed E-state index contributed by atoms with van der Waals surface area (Å²) < 4.78 is 11.8. The molecule has 6 amide bonds. The second-order valence-corrected chi connectivity index (χ2v) is 19.9. The summed E-state index contributed by atoms with van der Waals surface area (Å²) in [4.78, 5) is 105. The molecule has 2 fully saturated rings. The average molecular weight is 1050 g/mol. The lowest BCUT2D eigenvalue weighted by Gasteiger charge is -2.31. The van der Waals surface area contributed by atoms with Gasteiger partial charge in [-0.2, -0.15) is 0 Å². The van der Waals surface area contributed by atoms with Crippen LogP contribution in [-0.2, 0) is 53.0 Å². The number of rotatable bonds is 17. The van der Waals surface area contributed by atoms with Gasteiger partial charge in [-0.05, 0) is 78.4 Å². The normalized spacial score (nSPS) is 24.9. The number of nitrogens with two attached hydrogens (primary N) is 2. The van der Waals surface area contributed by atoms with Crippen LogP contribution < -0.4 is 48.1 Å². The SMILES string of the molecule is NCCCC[C@@H]1NC(=O)[C@@H](CC2=CNC3C=CC=CC23)NC(=O)[C@H](c2ccccc2)CC(=O)[C@@H]2C[C@@H](OC(=O)NCCN)CN2C(=O)[C@H](Cc2ccccc2)NC(=O)[C@H](Cc2ccc(OCc3ccccc3)cc2)NC1=O. The van der Waals surface area contributed by atoms with Gasteiger partial charge in [0.25, 0.3) is 0 Å². The third kappa shape index (κ3) is 15.1. The lowest BCUT2D eigenvalue weighted by atomic mass is 9.87. The summed E-state index contributed by atoms with van der Waals surface area (Å²) in [6, 6.07) is 28.1. The van der Waals surface area contributed by atoms with Crippen LogP contribution in [0.1, 0.15) is 66.7 Å². The third-order valence-corrected chi connectivity index (χ3v) is 14.3. The summed E-state index contributed by atoms with van der Waals surface area (Å²) in [5.41, 5.74) is 15.2. The minimum Gasteiger partial charge on any atom is -0.489 e. The van der Waals surface area contributed by atoms with Gasteiger partial charge in [0, 0.05) is 44.7 Å². The average Bonchev–Trinajstić information content (AvgIpc) is 4.08. The molecule has 3 heterocycles. The van der Waals surface area contributed by atoms with E-state index < -0.39 is 90.1 Å². The molecule has 0 spiro atoms. The van der Waals surface area contributed by atoms with Gasteiger partial charge < -0.3 is 57.7 Å². The number of nitrogens with one attached hydrogen (secondary N) is 6. The number of hydrogen-bond donors (Lipinski definition) is 8. The molecule has 0 bridgehead atoms. The fourth-order valence-corrected chi connectivity index (χ4v) is 10.3. The molecule has 18 heteroatoms. The van der Waals surface area contributed by atoms with Gasteiger partial charge in [0.2, 0.25) is 29.5 Å². The Morgan fingerprint density at radius 2 is 1.23 bits per heavy atom. The number of fused-ring (bicyclic) bond motifs is 2. The Bertz CT molecular complexity index is 2780. The van der Waals surface area contributed by atoms with Crippen LogP contribution >= 0.6 is 0 Å². The minimum atomic E-state index is -1.31. The molecule has 4 aromatic carbocycles. The monoisotopic (exact) mass is 1050 g/mol. The molecule has 8 rings (SSSR count). The van der Waals surface area contributed by atoms with Crippen LogP contribution in [0.25, 0.3) is 0 Å². The molecule has 3 aliphatic heterocycles. The van der Waals surface area contributed by atoms with E-state index in [1.807, 2.05) is 66.9 Å². The van der Waals surface area contributed by atoms with Crippen LogP contribution in [0.15, 0.2) is 151 Å². The first-order chi connectivity index (χ1) is 37.5. The number of allylic oxidation sites excluding steroid dienone is 2. The van der Waals surface area contributed by atoms with Gasteiger partial charge in [0.1, 0.15) is 42.6 Å². The Labute approximate surface area is 448 Å². The molecule has 2 saturated heterocycles. The Hall–Kier alpha value is -8.09. The second-order valence-electron chi connectivity index (χ2n) is 19.9. The topological polar surface area (TPSA) is 265 Å². The number of hydrogen-bond acceptors (Lipinski definition) is 12. The summed E-state index contributed by atoms with van der Waals surface area (Å²) in [7, 11) is 0. The molecule has 77 heavy (non-hydrogen) atoms. The molecule has 0 aromatic heterocycles. The predicted molar refractivity (Wildman–Crippen MR) is 289 cm³/mol. The van der Waals surface area contributed by atoms with E-state index in [1.54, 1.807) is 78.9 Å². The van der Waals surface area contributed by atoms with Crippen molar-refractivity contribution >= 4 is 41.4 Å². The van der Waals surface area contributed by atoms with Gasteiger partial charge in [-0.3, -0.25) is 28.8 Å². The number of ether oxygens (including phenoxy) is 2. The summed E-state index contributed by atoms with van der Waals surface area (Å²) >= 11 is 0. The van der Waals surface area contributed by atoms with E-state index in [-0.39, 0.29) is 63.7 Å². The van der Waals surface area contributed by atoms with Crippen molar-refractivity contribution in [3.63, 3.8) is 0 Å². The number of Topliss-reactive ketones (excluding diaryl/α,β-unsaturated/α-hetero) is 1. The number of carbonyl (C=O) groups is 7. The fraction of sp³-hybridized carbons (Fsp3) is 0.373. The zero-order chi connectivity index (χ0) is 54.1. The highest BCUT2D eigenvalue weighted by Crippen LogP contribution is 2.32. The van der Waals surface area contributed by atoms with Crippen LogP contribution in [0.2, 0.25) is 0 Å². The van der Waals surface area contributed by atoms with Gasteiger partial charge in [0.05, 0.1) is 24.5 Å². The van der Waals surface area contributed by atoms with Crippen molar-refractivity contribution in [3.05, 3.63) is 174 Å². The zero-order valence-electron chi connectivity index (χ0n) is 43.0. The van der Waals surface area contributed by atoms with Crippen LogP contribution in [0.5, 0.6) is 5.75 Å². The molecule has 0 radical (unpaired) electrons. The first-order valence-electron chi connectivity index (χ1n) is 26.5. The third-order valence-electron chi connectivity index (χ3n) is 14.3. The summed E-state index contributed by atoms with van der Waals surface area (Å²) in [6.07, 6.45) is 8.52. The molecule has 0 saturated carbocycles. The van der Waals surface area contributed by atoms with Crippen LogP contribution in [0.4, 0.5) is 4.79 Å². The van der Waals surface area contributed by atoms with E-state index in [9.17, 15) is 19.2 Å². The highest BCUT2D eigenvalue weighted by molar-refractivity contribution is 6.00. The van der Waals surface area contributed by atoms with Gasteiger partial charge in [0.15, 0.2) is 5.78 Å². The van der Waals surface area contributed by atoms with E-state index in [4.69, 9.17) is 20.9 Å². The van der Waals surface area contributed by atoms with Crippen molar-refractivity contribution in [1.82, 2.24) is 36.8 Å². The van der Waals surface area contributed by atoms with Crippen LogP contribution in [0.3, 0.4) is 0 Å². The summed E-state index contributed by atoms with van der Waals surface area (Å²) in [5.74, 6) is -4.51. The van der Waals surface area contributed by atoms with Crippen LogP contribution in [-0.4, -0.2) is 115 Å². The standard InChI is InChI=1S/C59H69N9O9/c60-27-13-12-22-48-55(71)66-49(30-39-23-25-43(26-24-39)76-37-40-16-6-2-7-17-40)56(72)67-51(31-38-14-4-1-5-15-38)58(74)68-36-44(77-59(75)62-29-28-61)33-52(68)53(69)34-46(41-18-8-3-9-19-41)54(70)65-50(57(73)64-48)32-42-35-63-47-21-11-10-20-45(42)47/h1-11,14-21,23-26,35,44-52,63H,12-13,22,27-34,36-37,60-61H2,(H,62,75)(H,64,73)(H,65,70)(H,66,71)(H,67,72)/t44-,45?,46+,47?,48+,49+,50-,51+,52+/m1/s1. The number of unbranched alkanes of at least 4 members (excludes halogenated alkanes) is 1. The molecule has 18 nitrogen and oxygen atoms in total. The number of benzene rings is 4. The molecule has 404 valence electrons. The van der Waals surface area contributed by atoms with Gasteiger partial charge in [-0.25, -0.2) is 4.79 Å². The van der Waals surface area contributed by atoms with Crippen molar-refractivity contribution in [2.45, 2.75) is 106 Å². The smallest absolute Gasteiger partial charge is 0.407 e. The lowest BCUT2D eigenvalue weighted by Crippen LogP contribution is -2.60. The predicted octanol–water partition coefficient (Wildman–Crippen LogP) is 3.52. The maximum absolute atomic E-state index is 15.3. The van der Waals surface area contributed by atoms with Crippen molar-refractivity contribution in [2.24, 2.45) is 17.4 Å². The fourth-order valence-electron chi connectivity index (χ4n) is 10.3. The molecular formula is C59H69N9O9. The largest absolute Gasteiger partial charge is 0.489 e. The quantitative estimate of drug-likeness (QED) is 0.0707. The van der Waals surface area contributed by atoms with Crippen molar-refractivity contribution < 1.29 is 43.0 Å². The molecular weight excluding hydrogens is 979 g/mol. The molecule has 1 aliphatic carbocycles. The Morgan fingerprint density at radius 3 is 1.94 bits per heavy atom. The number of ketones is 1. The van der Waals surface area contributed by atoms with Crippen LogP contribution in [0, 0.1) is 5.92 Å². The van der Waals surface area contributed by atoms with E-state index >= 15 is 14.4 Å². The van der Waals surface area contributed by atoms with E-state index in [0.29, 0.717) is 48.4 Å². The molecule has 9 atom stereocenters. The van der Waals surface area contributed by atoms with Crippen molar-refractivity contribution in [2.75, 3.05) is 26.2 Å². The first-order valence-corrected chi connectivity index (χ1v) is 26.5. The zero-order valence-corrected chi connectivity index (χ0v) is 43.0. The number of carbonyl (C=O) groups excluding carboxylic acids is 7. The minimum absolute atomic E-state index is 0.0205. The van der Waals surface area contributed by atoms with E-state index in [0.717, 1.165) is 11.1 Å². The maximum Gasteiger partial charge on any atom is 0.407 e. The second kappa shape index (κ2) is 27.1. The number of nitrogens with zero attached hydrogens (tertiary/aromatic N) is 1. The Morgan fingerprint density at radius 1 is 0.636 bits per heavy atom. The molecule has 4 aromatic rings. The Balaban J connectivity index is 1.18. The van der Waals surface area contributed by atoms with E-state index in [1.165, 1.54) is 4.90 Å². The van der Waals surface area contributed by atoms with Gasteiger partial charge in [-0.1, -0.05) is 127 Å². The summed E-state index contributed by atoms with van der Waals surface area (Å²) in [5, 5.41) is 17.7. The summed E-state index contributed by atoms with van der Waals surface area (Å²) in [6.45, 7) is 0.707.